The Labute approximate surface area is 114 Å². The van der Waals surface area contributed by atoms with E-state index in [4.69, 9.17) is 5.73 Å². The minimum absolute atomic E-state index is 0.140. The van der Waals surface area contributed by atoms with Crippen LogP contribution in [0.1, 0.15) is 19.4 Å². The Morgan fingerprint density at radius 1 is 1.33 bits per heavy atom. The monoisotopic (exact) mass is 266 g/mol. The van der Waals surface area contributed by atoms with Gasteiger partial charge < -0.3 is 10.6 Å². The molecule has 0 aromatic heterocycles. The summed E-state index contributed by atoms with van der Waals surface area (Å²) in [5.74, 6) is 1.10. The number of carbonyl (C=O) groups excluding carboxylic acids is 1. The van der Waals surface area contributed by atoms with E-state index in [1.165, 1.54) is 0 Å². The van der Waals surface area contributed by atoms with E-state index in [-0.39, 0.29) is 5.91 Å². The first-order valence-corrected chi connectivity index (χ1v) is 7.39. The molecule has 4 heteroatoms. The zero-order valence-electron chi connectivity index (χ0n) is 11.6. The maximum Gasteiger partial charge on any atom is 0.232 e. The summed E-state index contributed by atoms with van der Waals surface area (Å²) in [6.07, 6.45) is 2.05. The highest BCUT2D eigenvalue weighted by Crippen LogP contribution is 2.26. The lowest BCUT2D eigenvalue weighted by Crippen LogP contribution is -2.42. The number of hydrogen-bond acceptors (Lipinski definition) is 3. The molecule has 0 aliphatic carbocycles. The molecule has 100 valence electrons. The van der Waals surface area contributed by atoms with Crippen molar-refractivity contribution >= 4 is 23.4 Å². The Kier molecular flexibility index (Phi) is 5.08. The maximum absolute atomic E-state index is 12.4. The first-order valence-electron chi connectivity index (χ1n) is 6.00. The topological polar surface area (TPSA) is 46.3 Å². The second kappa shape index (κ2) is 6.14. The van der Waals surface area contributed by atoms with Crippen molar-refractivity contribution in [3.8, 4) is 0 Å². The number of thioether (sulfide) groups is 1. The molecule has 0 heterocycles. The molecule has 1 amide bonds. The van der Waals surface area contributed by atoms with Gasteiger partial charge in [-0.15, -0.1) is 0 Å². The number of nitrogens with zero attached hydrogens (tertiary/aromatic N) is 1. The van der Waals surface area contributed by atoms with Gasteiger partial charge >= 0.3 is 0 Å². The highest BCUT2D eigenvalue weighted by atomic mass is 32.2. The summed E-state index contributed by atoms with van der Waals surface area (Å²) in [5.41, 5.74) is 6.88. The van der Waals surface area contributed by atoms with Gasteiger partial charge in [0.05, 0.1) is 5.41 Å². The predicted molar refractivity (Wildman–Crippen MR) is 79.9 cm³/mol. The van der Waals surface area contributed by atoms with Crippen LogP contribution in [0, 0.1) is 0 Å². The van der Waals surface area contributed by atoms with Crippen LogP contribution in [-0.4, -0.2) is 36.4 Å². The van der Waals surface area contributed by atoms with Crippen LogP contribution in [-0.2, 0) is 10.2 Å². The average molecular weight is 266 g/mol. The third kappa shape index (κ3) is 3.42. The predicted octanol–water partition coefficient (Wildman–Crippen LogP) is 2.37. The molecule has 18 heavy (non-hydrogen) atoms. The molecule has 0 aliphatic rings. The molecule has 1 rings (SSSR count). The first-order chi connectivity index (χ1) is 8.39. The lowest BCUT2D eigenvalue weighted by Gasteiger charge is -2.29. The molecular formula is C14H22N2OS. The number of amides is 1. The van der Waals surface area contributed by atoms with Crippen molar-refractivity contribution < 1.29 is 4.79 Å². The average Bonchev–Trinajstić information content (AvgIpc) is 2.35. The minimum atomic E-state index is -0.513. The number of rotatable bonds is 5. The van der Waals surface area contributed by atoms with E-state index >= 15 is 0 Å². The first kappa shape index (κ1) is 14.9. The highest BCUT2D eigenvalue weighted by molar-refractivity contribution is 7.98. The van der Waals surface area contributed by atoms with Crippen LogP contribution in [0.25, 0.3) is 0 Å². The lowest BCUT2D eigenvalue weighted by atomic mass is 9.83. The van der Waals surface area contributed by atoms with E-state index in [1.807, 2.05) is 51.4 Å². The van der Waals surface area contributed by atoms with Crippen LogP contribution in [0.3, 0.4) is 0 Å². The van der Waals surface area contributed by atoms with Gasteiger partial charge in [-0.05, 0) is 37.8 Å². The number of anilines is 1. The number of benzene rings is 1. The van der Waals surface area contributed by atoms with Crippen molar-refractivity contribution in [2.75, 3.05) is 31.3 Å². The van der Waals surface area contributed by atoms with Crippen molar-refractivity contribution in [3.05, 3.63) is 29.8 Å². The van der Waals surface area contributed by atoms with Crippen molar-refractivity contribution in [3.63, 3.8) is 0 Å². The van der Waals surface area contributed by atoms with Crippen LogP contribution in [0.5, 0.6) is 0 Å². The third-order valence-corrected chi connectivity index (χ3v) is 3.74. The van der Waals surface area contributed by atoms with E-state index in [9.17, 15) is 4.79 Å². The molecule has 0 radical (unpaired) electrons. The van der Waals surface area contributed by atoms with Gasteiger partial charge in [-0.2, -0.15) is 11.8 Å². The van der Waals surface area contributed by atoms with E-state index in [1.54, 1.807) is 16.7 Å². The molecule has 0 atom stereocenters. The van der Waals surface area contributed by atoms with Crippen LogP contribution < -0.4 is 5.73 Å². The van der Waals surface area contributed by atoms with Crippen molar-refractivity contribution in [1.29, 1.82) is 0 Å². The van der Waals surface area contributed by atoms with Crippen molar-refractivity contribution in [1.82, 2.24) is 4.90 Å². The second-order valence-corrected chi connectivity index (χ2v) is 5.95. The van der Waals surface area contributed by atoms with E-state index in [0.29, 0.717) is 0 Å². The Balaban J connectivity index is 2.84. The molecule has 1 aromatic rings. The van der Waals surface area contributed by atoms with Crippen molar-refractivity contribution in [2.24, 2.45) is 0 Å². The number of carbonyl (C=O) groups is 1. The van der Waals surface area contributed by atoms with Gasteiger partial charge in [0.2, 0.25) is 5.91 Å². The largest absolute Gasteiger partial charge is 0.399 e. The standard InChI is InChI=1S/C14H22N2OS/c1-14(2,11-5-7-12(15)8-6-11)13(17)16(3)9-10-18-4/h5-8H,9-10,15H2,1-4H3. The summed E-state index contributed by atoms with van der Waals surface area (Å²) >= 11 is 1.75. The lowest BCUT2D eigenvalue weighted by molar-refractivity contribution is -0.134. The van der Waals surface area contributed by atoms with Crippen LogP contribution in [0.15, 0.2) is 24.3 Å². The Morgan fingerprint density at radius 2 is 1.89 bits per heavy atom. The number of nitrogens with two attached hydrogens (primary N) is 1. The molecule has 0 bridgehead atoms. The summed E-state index contributed by atoms with van der Waals surface area (Å²) in [6, 6.07) is 7.53. The van der Waals surface area contributed by atoms with E-state index in [0.717, 1.165) is 23.5 Å². The molecule has 0 saturated carbocycles. The summed E-state index contributed by atoms with van der Waals surface area (Å²) in [5, 5.41) is 0. The molecule has 1 aromatic carbocycles. The van der Waals surface area contributed by atoms with Gasteiger partial charge in [0.1, 0.15) is 0 Å². The smallest absolute Gasteiger partial charge is 0.232 e. The van der Waals surface area contributed by atoms with Crippen LogP contribution >= 0.6 is 11.8 Å². The Bertz CT molecular complexity index is 401. The molecule has 0 unspecified atom stereocenters. The Morgan fingerprint density at radius 3 is 2.39 bits per heavy atom. The molecule has 0 spiro atoms. The van der Waals surface area contributed by atoms with Crippen LogP contribution in [0.2, 0.25) is 0 Å². The fourth-order valence-electron chi connectivity index (χ4n) is 1.83. The zero-order valence-corrected chi connectivity index (χ0v) is 12.4. The quantitative estimate of drug-likeness (QED) is 0.832. The summed E-state index contributed by atoms with van der Waals surface area (Å²) < 4.78 is 0. The second-order valence-electron chi connectivity index (χ2n) is 4.97. The van der Waals surface area contributed by atoms with E-state index < -0.39 is 5.41 Å². The molecule has 2 N–H and O–H groups in total. The number of nitrogen functional groups attached to an aromatic ring is 1. The zero-order chi connectivity index (χ0) is 13.8. The van der Waals surface area contributed by atoms with Gasteiger partial charge in [0, 0.05) is 25.0 Å². The Hall–Kier alpha value is -1.16. The molecular weight excluding hydrogens is 244 g/mol. The third-order valence-electron chi connectivity index (χ3n) is 3.14. The minimum Gasteiger partial charge on any atom is -0.399 e. The summed E-state index contributed by atoms with van der Waals surface area (Å²) in [6.45, 7) is 4.69. The van der Waals surface area contributed by atoms with Gasteiger partial charge in [-0.3, -0.25) is 4.79 Å². The summed E-state index contributed by atoms with van der Waals surface area (Å²) in [7, 11) is 1.86. The molecule has 0 aliphatic heterocycles. The maximum atomic E-state index is 12.4. The van der Waals surface area contributed by atoms with Gasteiger partial charge in [0.25, 0.3) is 0 Å². The SMILES string of the molecule is CSCCN(C)C(=O)C(C)(C)c1ccc(N)cc1. The number of hydrogen-bond donors (Lipinski definition) is 1. The van der Waals surface area contributed by atoms with E-state index in [2.05, 4.69) is 0 Å². The molecule has 0 fully saturated rings. The molecule has 0 saturated heterocycles. The van der Waals surface area contributed by atoms with Crippen LogP contribution in [0.4, 0.5) is 5.69 Å². The molecule has 3 nitrogen and oxygen atoms in total. The summed E-state index contributed by atoms with van der Waals surface area (Å²) in [4.78, 5) is 14.2. The highest BCUT2D eigenvalue weighted by Gasteiger charge is 2.31. The fraction of sp³-hybridized carbons (Fsp3) is 0.500. The van der Waals surface area contributed by atoms with Gasteiger partial charge in [-0.1, -0.05) is 12.1 Å². The van der Waals surface area contributed by atoms with Gasteiger partial charge in [-0.25, -0.2) is 0 Å². The van der Waals surface area contributed by atoms with Gasteiger partial charge in [0.15, 0.2) is 0 Å². The van der Waals surface area contributed by atoms with Crippen molar-refractivity contribution in [2.45, 2.75) is 19.3 Å². The number of likely N-dealkylation sites (N-methyl/N-ethyl adjacent to an activating group) is 1. The normalized spacial score (nSPS) is 11.3. The fourth-order valence-corrected chi connectivity index (χ4v) is 2.29.